The Balaban J connectivity index is 1.68. The molecular formula is C25H21ClN4O4S. The molecule has 4 rings (SSSR count). The number of hydrogen-bond acceptors (Lipinski definition) is 6. The van der Waals surface area contributed by atoms with Crippen molar-refractivity contribution in [3.63, 3.8) is 0 Å². The number of imide groups is 1. The van der Waals surface area contributed by atoms with E-state index in [9.17, 15) is 18.0 Å². The number of sulfonamides is 1. The van der Waals surface area contributed by atoms with Gasteiger partial charge in [-0.05, 0) is 46.9 Å². The standard InChI is InChI=1S/C25H21ClN4O4S/c1-25(2,3)17-4-6-18(7-5-17)35(33,34)29-20-9-8-19(26)21-22(20)24(32)30(23(21)31)14-16-10-15(11-27)12-28-13-16/h4-10,12-13,29H,14H2,1-3H3. The third kappa shape index (κ3) is 4.63. The number of fused-ring (bicyclic) bond motifs is 1. The molecular weight excluding hydrogens is 488 g/mol. The highest BCUT2D eigenvalue weighted by molar-refractivity contribution is 7.92. The summed E-state index contributed by atoms with van der Waals surface area (Å²) in [5.74, 6) is -1.36. The summed E-state index contributed by atoms with van der Waals surface area (Å²) in [5, 5.41) is 9.11. The summed E-state index contributed by atoms with van der Waals surface area (Å²) >= 11 is 6.23. The number of nitrogens with one attached hydrogen (secondary N) is 1. The number of nitrogens with zero attached hydrogens (tertiary/aromatic N) is 3. The zero-order valence-electron chi connectivity index (χ0n) is 19.2. The van der Waals surface area contributed by atoms with Gasteiger partial charge in [0.25, 0.3) is 21.8 Å². The van der Waals surface area contributed by atoms with E-state index in [2.05, 4.69) is 9.71 Å². The zero-order chi connectivity index (χ0) is 25.5. The third-order valence-corrected chi connectivity index (χ3v) is 7.31. The number of amides is 2. The molecule has 0 radical (unpaired) electrons. The molecule has 1 aliphatic rings. The van der Waals surface area contributed by atoms with Crippen LogP contribution < -0.4 is 4.72 Å². The van der Waals surface area contributed by atoms with Crippen LogP contribution in [0.3, 0.4) is 0 Å². The number of nitriles is 1. The predicted octanol–water partition coefficient (Wildman–Crippen LogP) is 4.50. The molecule has 35 heavy (non-hydrogen) atoms. The first kappa shape index (κ1) is 24.4. The molecule has 178 valence electrons. The normalized spacial score (nSPS) is 13.5. The van der Waals surface area contributed by atoms with Gasteiger partial charge in [0.15, 0.2) is 0 Å². The fraction of sp³-hybridized carbons (Fsp3) is 0.200. The molecule has 1 N–H and O–H groups in total. The molecule has 10 heteroatoms. The quantitative estimate of drug-likeness (QED) is 0.506. The van der Waals surface area contributed by atoms with Crippen LogP contribution in [0.25, 0.3) is 0 Å². The van der Waals surface area contributed by atoms with E-state index < -0.39 is 21.8 Å². The molecule has 2 aromatic carbocycles. The number of rotatable bonds is 5. The second kappa shape index (κ2) is 8.80. The number of aromatic nitrogens is 1. The first-order valence-corrected chi connectivity index (χ1v) is 12.4. The fourth-order valence-electron chi connectivity index (χ4n) is 3.75. The van der Waals surface area contributed by atoms with Gasteiger partial charge < -0.3 is 0 Å². The number of pyridine rings is 1. The maximum atomic E-state index is 13.2. The van der Waals surface area contributed by atoms with Gasteiger partial charge in [-0.15, -0.1) is 0 Å². The van der Waals surface area contributed by atoms with Crippen molar-refractivity contribution in [2.75, 3.05) is 4.72 Å². The third-order valence-electron chi connectivity index (χ3n) is 5.61. The Morgan fingerprint density at radius 3 is 2.31 bits per heavy atom. The average molecular weight is 509 g/mol. The van der Waals surface area contributed by atoms with Crippen molar-refractivity contribution in [2.24, 2.45) is 0 Å². The molecule has 0 fully saturated rings. The second-order valence-corrected chi connectivity index (χ2v) is 11.2. The maximum Gasteiger partial charge on any atom is 0.264 e. The smallest absolute Gasteiger partial charge is 0.264 e. The molecule has 0 bridgehead atoms. The SMILES string of the molecule is CC(C)(C)c1ccc(S(=O)(=O)Nc2ccc(Cl)c3c2C(=O)N(Cc2cncc(C#N)c2)C3=O)cc1. The summed E-state index contributed by atoms with van der Waals surface area (Å²) in [6.07, 6.45) is 2.81. The van der Waals surface area contributed by atoms with Crippen LogP contribution in [-0.2, 0) is 22.0 Å². The number of benzene rings is 2. The number of halogens is 1. The minimum atomic E-state index is -4.06. The van der Waals surface area contributed by atoms with Crippen LogP contribution in [0.4, 0.5) is 5.69 Å². The minimum Gasteiger partial charge on any atom is -0.279 e. The first-order valence-electron chi connectivity index (χ1n) is 10.6. The van der Waals surface area contributed by atoms with Crippen molar-refractivity contribution in [3.05, 3.63) is 87.7 Å². The summed E-state index contributed by atoms with van der Waals surface area (Å²) in [5.41, 5.74) is 1.32. The van der Waals surface area contributed by atoms with E-state index in [4.69, 9.17) is 16.9 Å². The maximum absolute atomic E-state index is 13.2. The van der Waals surface area contributed by atoms with Gasteiger partial charge in [-0.3, -0.25) is 24.2 Å². The molecule has 0 unspecified atom stereocenters. The number of carbonyl (C=O) groups is 2. The van der Waals surface area contributed by atoms with Gasteiger partial charge in [-0.2, -0.15) is 5.26 Å². The van der Waals surface area contributed by atoms with Gasteiger partial charge in [0.05, 0.1) is 38.8 Å². The summed E-state index contributed by atoms with van der Waals surface area (Å²) in [6, 6.07) is 12.7. The Kier molecular flexibility index (Phi) is 6.13. The van der Waals surface area contributed by atoms with Crippen molar-refractivity contribution in [3.8, 4) is 6.07 Å². The molecule has 0 saturated carbocycles. The highest BCUT2D eigenvalue weighted by atomic mass is 35.5. The summed E-state index contributed by atoms with van der Waals surface area (Å²) in [4.78, 5) is 31.2. The van der Waals surface area contributed by atoms with Crippen molar-refractivity contribution in [1.29, 1.82) is 5.26 Å². The molecule has 8 nitrogen and oxygen atoms in total. The molecule has 1 aromatic heterocycles. The lowest BCUT2D eigenvalue weighted by atomic mass is 9.87. The number of anilines is 1. The van der Waals surface area contributed by atoms with Crippen LogP contribution >= 0.6 is 11.6 Å². The van der Waals surface area contributed by atoms with Crippen molar-refractivity contribution in [1.82, 2.24) is 9.88 Å². The highest BCUT2D eigenvalue weighted by Gasteiger charge is 2.40. The minimum absolute atomic E-state index is 0.0159. The Morgan fingerprint density at radius 2 is 1.69 bits per heavy atom. The topological polar surface area (TPSA) is 120 Å². The van der Waals surface area contributed by atoms with Gasteiger partial charge in [0, 0.05) is 12.4 Å². The average Bonchev–Trinajstić information content (AvgIpc) is 3.06. The highest BCUT2D eigenvalue weighted by Crippen LogP contribution is 2.36. The Labute approximate surface area is 208 Å². The van der Waals surface area contributed by atoms with Crippen LogP contribution in [-0.4, -0.2) is 30.1 Å². The number of carbonyl (C=O) groups excluding carboxylic acids is 2. The monoisotopic (exact) mass is 508 g/mol. The van der Waals surface area contributed by atoms with Crippen molar-refractivity contribution in [2.45, 2.75) is 37.6 Å². The zero-order valence-corrected chi connectivity index (χ0v) is 20.7. The summed E-state index contributed by atoms with van der Waals surface area (Å²) in [6.45, 7) is 5.91. The van der Waals surface area contributed by atoms with E-state index in [1.165, 1.54) is 42.7 Å². The molecule has 0 saturated heterocycles. The molecule has 2 amide bonds. The predicted molar refractivity (Wildman–Crippen MR) is 131 cm³/mol. The second-order valence-electron chi connectivity index (χ2n) is 9.11. The molecule has 2 heterocycles. The van der Waals surface area contributed by atoms with Crippen molar-refractivity contribution >= 4 is 39.1 Å². The Bertz CT molecular complexity index is 1500. The van der Waals surface area contributed by atoms with E-state index >= 15 is 0 Å². The van der Waals surface area contributed by atoms with Gasteiger partial charge >= 0.3 is 0 Å². The van der Waals surface area contributed by atoms with Crippen molar-refractivity contribution < 1.29 is 18.0 Å². The molecule has 0 atom stereocenters. The largest absolute Gasteiger partial charge is 0.279 e. The van der Waals surface area contributed by atoms with Gasteiger partial charge in [0.1, 0.15) is 6.07 Å². The Hall–Kier alpha value is -3.74. The lowest BCUT2D eigenvalue weighted by Crippen LogP contribution is -2.29. The molecule has 3 aromatic rings. The molecule has 0 spiro atoms. The van der Waals surface area contributed by atoms with E-state index in [1.54, 1.807) is 12.1 Å². The van der Waals surface area contributed by atoms with Crippen LogP contribution in [0.15, 0.2) is 59.8 Å². The van der Waals surface area contributed by atoms with Gasteiger partial charge in [0.2, 0.25) is 0 Å². The summed E-state index contributed by atoms with van der Waals surface area (Å²) < 4.78 is 28.6. The fourth-order valence-corrected chi connectivity index (χ4v) is 5.06. The lowest BCUT2D eigenvalue weighted by Gasteiger charge is -2.19. The summed E-state index contributed by atoms with van der Waals surface area (Å²) in [7, 11) is -4.06. The lowest BCUT2D eigenvalue weighted by molar-refractivity contribution is 0.0642. The molecule has 1 aliphatic heterocycles. The molecule has 0 aliphatic carbocycles. The van der Waals surface area contributed by atoms with Crippen LogP contribution in [0, 0.1) is 11.3 Å². The van der Waals surface area contributed by atoms with E-state index in [-0.39, 0.29) is 44.3 Å². The van der Waals surface area contributed by atoms with E-state index in [1.807, 2.05) is 26.8 Å². The first-order chi connectivity index (χ1) is 16.4. The van der Waals surface area contributed by atoms with Gasteiger partial charge in [-0.25, -0.2) is 8.42 Å². The number of hydrogen-bond donors (Lipinski definition) is 1. The van der Waals surface area contributed by atoms with Gasteiger partial charge in [-0.1, -0.05) is 44.5 Å². The van der Waals surface area contributed by atoms with Crippen LogP contribution in [0.5, 0.6) is 0 Å². The van der Waals surface area contributed by atoms with Crippen LogP contribution in [0.1, 0.15) is 58.2 Å². The van der Waals surface area contributed by atoms with E-state index in [0.29, 0.717) is 5.56 Å². The Morgan fingerprint density at radius 1 is 1.03 bits per heavy atom. The van der Waals surface area contributed by atoms with E-state index in [0.717, 1.165) is 10.5 Å². The van der Waals surface area contributed by atoms with Crippen LogP contribution in [0.2, 0.25) is 5.02 Å².